The van der Waals surface area contributed by atoms with Crippen molar-refractivity contribution in [1.29, 1.82) is 0 Å². The van der Waals surface area contributed by atoms with E-state index in [1.54, 1.807) is 0 Å². The van der Waals surface area contributed by atoms with Gasteiger partial charge in [0.1, 0.15) is 5.82 Å². The fourth-order valence-electron chi connectivity index (χ4n) is 2.97. The summed E-state index contributed by atoms with van der Waals surface area (Å²) in [5.74, 6) is 1.02. The third-order valence-electron chi connectivity index (χ3n) is 4.24. The van der Waals surface area contributed by atoms with E-state index in [2.05, 4.69) is 58.4 Å². The topological polar surface area (TPSA) is 86.5 Å². The van der Waals surface area contributed by atoms with E-state index in [4.69, 9.17) is 0 Å². The number of H-pyrrole nitrogens is 2. The van der Waals surface area contributed by atoms with Gasteiger partial charge >= 0.3 is 0 Å². The van der Waals surface area contributed by atoms with Crippen molar-refractivity contribution in [2.75, 3.05) is 5.75 Å². The Morgan fingerprint density at radius 1 is 1.28 bits per heavy atom. The van der Waals surface area contributed by atoms with Crippen LogP contribution >= 0.6 is 11.8 Å². The highest BCUT2D eigenvalue weighted by atomic mass is 32.2. The van der Waals surface area contributed by atoms with E-state index < -0.39 is 0 Å². The number of hydrogen-bond acceptors (Lipinski definition) is 4. The van der Waals surface area contributed by atoms with E-state index in [0.29, 0.717) is 17.5 Å². The van der Waals surface area contributed by atoms with Crippen LogP contribution < -0.4 is 5.32 Å². The normalized spacial score (nSPS) is 11.2. The number of fused-ring (bicyclic) bond motifs is 1. The molecule has 0 atom stereocenters. The van der Waals surface area contributed by atoms with Crippen molar-refractivity contribution in [3.8, 4) is 0 Å². The summed E-state index contributed by atoms with van der Waals surface area (Å²) in [6.45, 7) is 8.73. The number of aromatic amines is 2. The van der Waals surface area contributed by atoms with Crippen LogP contribution in [0.4, 0.5) is 0 Å². The Morgan fingerprint density at radius 3 is 2.76 bits per heavy atom. The van der Waals surface area contributed by atoms with E-state index in [-0.39, 0.29) is 5.91 Å². The van der Waals surface area contributed by atoms with Crippen LogP contribution in [0.5, 0.6) is 0 Å². The molecular formula is C18H23N5OS. The van der Waals surface area contributed by atoms with Crippen LogP contribution in [0, 0.1) is 20.8 Å². The van der Waals surface area contributed by atoms with Crippen molar-refractivity contribution in [2.24, 2.45) is 0 Å². The minimum absolute atomic E-state index is 0.0268. The third-order valence-corrected chi connectivity index (χ3v) is 5.08. The highest BCUT2D eigenvalue weighted by Gasteiger charge is 2.12. The average Bonchev–Trinajstić information content (AvgIpc) is 3.14. The Morgan fingerprint density at radius 2 is 2.08 bits per heavy atom. The molecule has 0 spiro atoms. The van der Waals surface area contributed by atoms with E-state index in [1.807, 2.05) is 6.92 Å². The zero-order chi connectivity index (χ0) is 18.0. The van der Waals surface area contributed by atoms with Gasteiger partial charge in [-0.2, -0.15) is 0 Å². The van der Waals surface area contributed by atoms with Gasteiger partial charge in [0.2, 0.25) is 11.1 Å². The maximum absolute atomic E-state index is 12.1. The van der Waals surface area contributed by atoms with Crippen molar-refractivity contribution in [3.05, 3.63) is 40.3 Å². The predicted octanol–water partition coefficient (Wildman–Crippen LogP) is 3.18. The molecule has 0 saturated carbocycles. The lowest BCUT2D eigenvalue weighted by Crippen LogP contribution is -2.24. The number of carbonyl (C=O) groups is 1. The Kier molecular flexibility index (Phi) is 5.13. The molecule has 0 aliphatic carbocycles. The maximum Gasteiger partial charge on any atom is 0.230 e. The molecule has 3 aromatic rings. The second-order valence-corrected chi connectivity index (χ2v) is 7.14. The quantitative estimate of drug-likeness (QED) is 0.591. The standard InChI is InChI=1S/C18H23N5OS/c1-5-15-11(3)14-7-10(2)6-13(17(14)21-15)8-19-16(24)9-25-18-20-12(4)22-23-18/h6-7,21H,5,8-9H2,1-4H3,(H,19,24)(H,20,22,23). The number of aryl methyl sites for hydroxylation is 4. The molecular weight excluding hydrogens is 334 g/mol. The lowest BCUT2D eigenvalue weighted by atomic mass is 10.0. The molecule has 0 fully saturated rings. The molecule has 0 saturated heterocycles. The van der Waals surface area contributed by atoms with Crippen molar-refractivity contribution in [2.45, 2.75) is 45.8 Å². The second-order valence-electron chi connectivity index (χ2n) is 6.20. The minimum Gasteiger partial charge on any atom is -0.358 e. The molecule has 6 nitrogen and oxygen atoms in total. The third kappa shape index (κ3) is 3.87. The molecule has 132 valence electrons. The van der Waals surface area contributed by atoms with Gasteiger partial charge in [-0.05, 0) is 44.4 Å². The molecule has 0 unspecified atom stereocenters. The number of aromatic nitrogens is 4. The van der Waals surface area contributed by atoms with Gasteiger partial charge in [-0.15, -0.1) is 5.10 Å². The van der Waals surface area contributed by atoms with Crippen LogP contribution in [0.15, 0.2) is 17.3 Å². The van der Waals surface area contributed by atoms with Crippen LogP contribution in [-0.4, -0.2) is 31.8 Å². The van der Waals surface area contributed by atoms with Gasteiger partial charge < -0.3 is 10.3 Å². The van der Waals surface area contributed by atoms with Gasteiger partial charge in [-0.3, -0.25) is 9.89 Å². The van der Waals surface area contributed by atoms with Crippen molar-refractivity contribution < 1.29 is 4.79 Å². The molecule has 7 heteroatoms. The van der Waals surface area contributed by atoms with Gasteiger partial charge in [0.15, 0.2) is 0 Å². The summed E-state index contributed by atoms with van der Waals surface area (Å²) in [7, 11) is 0. The summed E-state index contributed by atoms with van der Waals surface area (Å²) in [5.41, 5.74) is 5.99. The first kappa shape index (κ1) is 17.5. The Labute approximate surface area is 151 Å². The minimum atomic E-state index is -0.0268. The molecule has 1 aromatic carbocycles. The van der Waals surface area contributed by atoms with Gasteiger partial charge in [-0.1, -0.05) is 30.3 Å². The predicted molar refractivity (Wildman–Crippen MR) is 101 cm³/mol. The van der Waals surface area contributed by atoms with Gasteiger partial charge in [0.25, 0.3) is 0 Å². The number of hydrogen-bond donors (Lipinski definition) is 3. The van der Waals surface area contributed by atoms with Gasteiger partial charge in [0, 0.05) is 17.6 Å². The van der Waals surface area contributed by atoms with Crippen LogP contribution in [0.1, 0.15) is 35.1 Å². The SMILES string of the molecule is CCc1[nH]c2c(CNC(=O)CSc3n[nH]c(C)n3)cc(C)cc2c1C. The first-order valence-electron chi connectivity index (χ1n) is 8.37. The van der Waals surface area contributed by atoms with E-state index in [0.717, 1.165) is 23.3 Å². The Hall–Kier alpha value is -2.28. The van der Waals surface area contributed by atoms with Crippen LogP contribution in [0.3, 0.4) is 0 Å². The molecule has 25 heavy (non-hydrogen) atoms. The molecule has 0 radical (unpaired) electrons. The number of nitrogens with zero attached hydrogens (tertiary/aromatic N) is 2. The highest BCUT2D eigenvalue weighted by molar-refractivity contribution is 7.99. The van der Waals surface area contributed by atoms with Crippen LogP contribution in [0.25, 0.3) is 10.9 Å². The summed E-state index contributed by atoms with van der Waals surface area (Å²) in [5, 5.41) is 11.6. The molecule has 3 rings (SSSR count). The largest absolute Gasteiger partial charge is 0.358 e. The highest BCUT2D eigenvalue weighted by Crippen LogP contribution is 2.26. The molecule has 0 aliphatic heterocycles. The van der Waals surface area contributed by atoms with Crippen molar-refractivity contribution >= 4 is 28.6 Å². The molecule has 0 bridgehead atoms. The number of rotatable bonds is 6. The maximum atomic E-state index is 12.1. The summed E-state index contributed by atoms with van der Waals surface area (Å²) in [6.07, 6.45) is 0.970. The number of carbonyl (C=O) groups excluding carboxylic acids is 1. The number of amides is 1. The molecule has 0 aliphatic rings. The second kappa shape index (κ2) is 7.31. The summed E-state index contributed by atoms with van der Waals surface area (Å²) in [4.78, 5) is 19.8. The van der Waals surface area contributed by atoms with E-state index >= 15 is 0 Å². The van der Waals surface area contributed by atoms with Crippen LogP contribution in [0.2, 0.25) is 0 Å². The molecule has 1 amide bonds. The summed E-state index contributed by atoms with van der Waals surface area (Å²) >= 11 is 1.33. The van der Waals surface area contributed by atoms with Gasteiger partial charge in [0.05, 0.1) is 11.3 Å². The lowest BCUT2D eigenvalue weighted by Gasteiger charge is -2.08. The number of nitrogens with one attached hydrogen (secondary N) is 3. The zero-order valence-electron chi connectivity index (χ0n) is 15.0. The molecule has 3 N–H and O–H groups in total. The Balaban J connectivity index is 1.69. The fourth-order valence-corrected chi connectivity index (χ4v) is 3.64. The lowest BCUT2D eigenvalue weighted by molar-refractivity contribution is -0.118. The monoisotopic (exact) mass is 357 g/mol. The van der Waals surface area contributed by atoms with Gasteiger partial charge in [-0.25, -0.2) is 4.98 Å². The van der Waals surface area contributed by atoms with Crippen molar-refractivity contribution in [3.63, 3.8) is 0 Å². The zero-order valence-corrected chi connectivity index (χ0v) is 15.8. The first-order valence-corrected chi connectivity index (χ1v) is 9.35. The molecule has 2 aromatic heterocycles. The van der Waals surface area contributed by atoms with E-state index in [9.17, 15) is 4.79 Å². The smallest absolute Gasteiger partial charge is 0.230 e. The van der Waals surface area contributed by atoms with Crippen molar-refractivity contribution in [1.82, 2.24) is 25.5 Å². The fraction of sp³-hybridized carbons (Fsp3) is 0.389. The Bertz CT molecular complexity index is 912. The van der Waals surface area contributed by atoms with E-state index in [1.165, 1.54) is 34.0 Å². The molecule has 2 heterocycles. The first-order chi connectivity index (χ1) is 12.0. The average molecular weight is 357 g/mol. The summed E-state index contributed by atoms with van der Waals surface area (Å²) in [6, 6.07) is 4.33. The number of thioether (sulfide) groups is 1. The summed E-state index contributed by atoms with van der Waals surface area (Å²) < 4.78 is 0. The van der Waals surface area contributed by atoms with Crippen LogP contribution in [-0.2, 0) is 17.8 Å². The number of benzene rings is 1.